The molecule has 0 aliphatic heterocycles. The molecule has 148 valence electrons. The zero-order chi connectivity index (χ0) is 19.1. The van der Waals surface area contributed by atoms with Crippen molar-refractivity contribution in [3.63, 3.8) is 0 Å². The molecule has 8 heteroatoms. The number of nitrogens with zero attached hydrogens (tertiary/aromatic N) is 2. The summed E-state index contributed by atoms with van der Waals surface area (Å²) in [5.74, 6) is 2.80. The minimum atomic E-state index is 0. The molecular weight excluding hydrogens is 459 g/mol. The second kappa shape index (κ2) is 10.8. The third kappa shape index (κ3) is 5.62. The highest BCUT2D eigenvalue weighted by Gasteiger charge is 2.11. The summed E-state index contributed by atoms with van der Waals surface area (Å²) < 4.78 is 16.0. The van der Waals surface area contributed by atoms with Crippen LogP contribution >= 0.6 is 24.0 Å². The number of hydrogen-bond acceptors (Lipinski definition) is 5. The first-order valence-electron chi connectivity index (χ1n) is 8.22. The van der Waals surface area contributed by atoms with Gasteiger partial charge in [0.05, 0.1) is 33.6 Å². The van der Waals surface area contributed by atoms with E-state index in [1.165, 1.54) is 0 Å². The number of anilines is 1. The number of methoxy groups -OCH3 is 3. The summed E-state index contributed by atoms with van der Waals surface area (Å²) in [4.78, 5) is 8.74. The largest absolute Gasteiger partial charge is 0.496 e. The molecule has 0 unspecified atom stereocenters. The average molecular weight is 486 g/mol. The SMILES string of the molecule is CN=C(NCc1ncc(C)c(OC)c1C)Nc1ccc(OC)c(OC)c1.I. The summed E-state index contributed by atoms with van der Waals surface area (Å²) in [7, 11) is 6.60. The Hall–Kier alpha value is -2.23. The lowest BCUT2D eigenvalue weighted by atomic mass is 10.1. The Labute approximate surface area is 177 Å². The lowest BCUT2D eigenvalue weighted by Gasteiger charge is -2.16. The molecule has 0 spiro atoms. The lowest BCUT2D eigenvalue weighted by Crippen LogP contribution is -2.30. The first kappa shape index (κ1) is 22.8. The van der Waals surface area contributed by atoms with Crippen LogP contribution in [0.3, 0.4) is 0 Å². The molecule has 0 bridgehead atoms. The molecule has 2 aromatic rings. The van der Waals surface area contributed by atoms with Gasteiger partial charge < -0.3 is 24.8 Å². The molecule has 1 aromatic heterocycles. The molecule has 1 aromatic carbocycles. The van der Waals surface area contributed by atoms with E-state index >= 15 is 0 Å². The fourth-order valence-electron chi connectivity index (χ4n) is 2.65. The molecule has 0 aliphatic carbocycles. The van der Waals surface area contributed by atoms with Crippen LogP contribution in [0.2, 0.25) is 0 Å². The van der Waals surface area contributed by atoms with Gasteiger partial charge in [0.25, 0.3) is 0 Å². The maximum atomic E-state index is 5.45. The Balaban J connectivity index is 0.00000364. The molecule has 0 saturated heterocycles. The van der Waals surface area contributed by atoms with Gasteiger partial charge in [-0.15, -0.1) is 24.0 Å². The molecule has 0 amide bonds. The van der Waals surface area contributed by atoms with E-state index in [0.29, 0.717) is 24.0 Å². The first-order chi connectivity index (χ1) is 12.5. The number of nitrogens with one attached hydrogen (secondary N) is 2. The summed E-state index contributed by atoms with van der Waals surface area (Å²) in [5.41, 5.74) is 3.77. The van der Waals surface area contributed by atoms with Crippen molar-refractivity contribution >= 4 is 35.6 Å². The van der Waals surface area contributed by atoms with Gasteiger partial charge in [-0.1, -0.05) is 0 Å². The molecule has 27 heavy (non-hydrogen) atoms. The fourth-order valence-corrected chi connectivity index (χ4v) is 2.65. The number of pyridine rings is 1. The van der Waals surface area contributed by atoms with Gasteiger partial charge in [-0.3, -0.25) is 9.98 Å². The number of hydrogen-bond donors (Lipinski definition) is 2. The van der Waals surface area contributed by atoms with E-state index in [1.54, 1.807) is 28.4 Å². The number of ether oxygens (including phenoxy) is 3. The monoisotopic (exact) mass is 486 g/mol. The molecule has 2 rings (SSSR count). The van der Waals surface area contributed by atoms with Crippen molar-refractivity contribution in [3.05, 3.63) is 41.2 Å². The van der Waals surface area contributed by atoms with E-state index < -0.39 is 0 Å². The van der Waals surface area contributed by atoms with Crippen LogP contribution in [0.4, 0.5) is 5.69 Å². The second-order valence-corrected chi connectivity index (χ2v) is 5.67. The normalized spacial score (nSPS) is 10.7. The lowest BCUT2D eigenvalue weighted by molar-refractivity contribution is 0.355. The molecule has 0 fully saturated rings. The van der Waals surface area contributed by atoms with E-state index in [1.807, 2.05) is 38.2 Å². The van der Waals surface area contributed by atoms with Crippen molar-refractivity contribution in [2.75, 3.05) is 33.7 Å². The van der Waals surface area contributed by atoms with Crippen LogP contribution in [-0.4, -0.2) is 39.3 Å². The quantitative estimate of drug-likeness (QED) is 0.370. The predicted molar refractivity (Wildman–Crippen MR) is 119 cm³/mol. The second-order valence-electron chi connectivity index (χ2n) is 5.67. The van der Waals surface area contributed by atoms with E-state index in [0.717, 1.165) is 28.3 Å². The van der Waals surface area contributed by atoms with Gasteiger partial charge in [0.15, 0.2) is 17.5 Å². The molecule has 0 atom stereocenters. The zero-order valence-electron chi connectivity index (χ0n) is 16.5. The number of aromatic nitrogens is 1. The molecular formula is C19H27IN4O3. The molecule has 0 aliphatic rings. The minimum Gasteiger partial charge on any atom is -0.496 e. The van der Waals surface area contributed by atoms with Crippen molar-refractivity contribution in [2.24, 2.45) is 4.99 Å². The molecule has 2 N–H and O–H groups in total. The highest BCUT2D eigenvalue weighted by Crippen LogP contribution is 2.29. The van der Waals surface area contributed by atoms with Gasteiger partial charge in [-0.25, -0.2) is 0 Å². The number of rotatable bonds is 6. The van der Waals surface area contributed by atoms with Crippen LogP contribution in [0.1, 0.15) is 16.8 Å². The first-order valence-corrected chi connectivity index (χ1v) is 8.22. The van der Waals surface area contributed by atoms with Gasteiger partial charge in [0.1, 0.15) is 5.75 Å². The van der Waals surface area contributed by atoms with E-state index in [-0.39, 0.29) is 24.0 Å². The van der Waals surface area contributed by atoms with Crippen molar-refractivity contribution in [1.82, 2.24) is 10.3 Å². The van der Waals surface area contributed by atoms with Gasteiger partial charge in [-0.2, -0.15) is 0 Å². The predicted octanol–water partition coefficient (Wildman–Crippen LogP) is 3.53. The van der Waals surface area contributed by atoms with Crippen LogP contribution in [0, 0.1) is 13.8 Å². The Kier molecular flexibility index (Phi) is 9.13. The van der Waals surface area contributed by atoms with Crippen LogP contribution < -0.4 is 24.8 Å². The number of aryl methyl sites for hydroxylation is 1. The number of aliphatic imine (C=N–C) groups is 1. The van der Waals surface area contributed by atoms with Gasteiger partial charge in [-0.05, 0) is 26.0 Å². The van der Waals surface area contributed by atoms with Gasteiger partial charge in [0, 0.05) is 36.1 Å². The Morgan fingerprint density at radius 2 is 1.78 bits per heavy atom. The van der Waals surface area contributed by atoms with Crippen LogP contribution in [0.5, 0.6) is 17.2 Å². The summed E-state index contributed by atoms with van der Waals surface area (Å²) in [6, 6.07) is 5.59. The van der Waals surface area contributed by atoms with Crippen molar-refractivity contribution < 1.29 is 14.2 Å². The maximum absolute atomic E-state index is 5.45. The smallest absolute Gasteiger partial charge is 0.195 e. The summed E-state index contributed by atoms with van der Waals surface area (Å²) >= 11 is 0. The number of guanidine groups is 1. The van der Waals surface area contributed by atoms with Crippen LogP contribution in [-0.2, 0) is 6.54 Å². The summed E-state index contributed by atoms with van der Waals surface area (Å²) in [5, 5.41) is 6.49. The highest BCUT2D eigenvalue weighted by molar-refractivity contribution is 14.0. The minimum absolute atomic E-state index is 0. The van der Waals surface area contributed by atoms with Crippen molar-refractivity contribution in [3.8, 4) is 17.2 Å². The maximum Gasteiger partial charge on any atom is 0.195 e. The average Bonchev–Trinajstić information content (AvgIpc) is 2.66. The van der Waals surface area contributed by atoms with Crippen molar-refractivity contribution in [2.45, 2.75) is 20.4 Å². The Bertz CT molecular complexity index is 797. The summed E-state index contributed by atoms with van der Waals surface area (Å²) in [6.07, 6.45) is 1.81. The fraction of sp³-hybridized carbons (Fsp3) is 0.368. The molecule has 7 nitrogen and oxygen atoms in total. The van der Waals surface area contributed by atoms with Gasteiger partial charge >= 0.3 is 0 Å². The standard InChI is InChI=1S/C19H26N4O3.HI/c1-12-10-21-15(13(2)18(12)26-6)11-22-19(20-3)23-14-7-8-16(24-4)17(9-14)25-5;/h7-10H,11H2,1-6H3,(H2,20,22,23);1H. The van der Waals surface area contributed by atoms with Gasteiger partial charge in [0.2, 0.25) is 0 Å². The Morgan fingerprint density at radius 3 is 2.37 bits per heavy atom. The van der Waals surface area contributed by atoms with Crippen LogP contribution in [0.15, 0.2) is 29.4 Å². The molecule has 0 saturated carbocycles. The third-order valence-corrected chi connectivity index (χ3v) is 4.04. The number of benzene rings is 1. The van der Waals surface area contributed by atoms with E-state index in [2.05, 4.69) is 20.6 Å². The molecule has 1 heterocycles. The topological polar surface area (TPSA) is 77.0 Å². The number of halogens is 1. The molecule has 0 radical (unpaired) electrons. The van der Waals surface area contributed by atoms with E-state index in [9.17, 15) is 0 Å². The third-order valence-electron chi connectivity index (χ3n) is 4.04. The van der Waals surface area contributed by atoms with Crippen molar-refractivity contribution in [1.29, 1.82) is 0 Å². The Morgan fingerprint density at radius 1 is 1.07 bits per heavy atom. The van der Waals surface area contributed by atoms with E-state index in [4.69, 9.17) is 14.2 Å². The zero-order valence-corrected chi connectivity index (χ0v) is 18.9. The van der Waals surface area contributed by atoms with Crippen LogP contribution in [0.25, 0.3) is 0 Å². The highest BCUT2D eigenvalue weighted by atomic mass is 127. The summed E-state index contributed by atoms with van der Waals surface area (Å²) in [6.45, 7) is 4.50.